The van der Waals surface area contributed by atoms with E-state index in [0.717, 1.165) is 16.7 Å². The maximum Gasteiger partial charge on any atom is 0.337 e. The van der Waals surface area contributed by atoms with E-state index in [4.69, 9.17) is 16.9 Å². The van der Waals surface area contributed by atoms with Crippen molar-refractivity contribution in [2.75, 3.05) is 12.0 Å². The maximum atomic E-state index is 12.9. The molecule has 1 aliphatic rings. The number of thioether (sulfide) groups is 1. The molecule has 2 aromatic carbocycles. The van der Waals surface area contributed by atoms with Crippen molar-refractivity contribution in [3.05, 3.63) is 59.1 Å². The lowest BCUT2D eigenvalue weighted by Crippen LogP contribution is -2.32. The molecule has 1 saturated heterocycles. The lowest BCUT2D eigenvalue weighted by molar-refractivity contribution is -0.121. The van der Waals surface area contributed by atoms with Crippen LogP contribution in [0.25, 0.3) is 0 Å². The Kier molecular flexibility index (Phi) is 6.72. The summed E-state index contributed by atoms with van der Waals surface area (Å²) in [5.74, 6) is -1.35. The van der Waals surface area contributed by atoms with Crippen molar-refractivity contribution in [1.29, 1.82) is 5.26 Å². The van der Waals surface area contributed by atoms with Gasteiger partial charge in [0, 0.05) is 6.42 Å². The van der Waals surface area contributed by atoms with E-state index in [1.807, 2.05) is 0 Å². The Morgan fingerprint density at radius 3 is 2.60 bits per heavy atom. The number of hydrogen-bond donors (Lipinski definition) is 1. The second-order valence-corrected chi connectivity index (χ2v) is 7.62. The summed E-state index contributed by atoms with van der Waals surface area (Å²) < 4.78 is 4.64. The van der Waals surface area contributed by atoms with Crippen LogP contribution in [0.3, 0.4) is 0 Å². The van der Waals surface area contributed by atoms with Gasteiger partial charge in [-0.25, -0.2) is 14.7 Å². The topological polar surface area (TPSA) is 112 Å². The fourth-order valence-corrected chi connectivity index (χ4v) is 3.89. The number of methoxy groups -OCH3 is 1. The Morgan fingerprint density at radius 1 is 1.27 bits per heavy atom. The van der Waals surface area contributed by atoms with Crippen LogP contribution in [0.4, 0.5) is 11.4 Å². The van der Waals surface area contributed by atoms with Gasteiger partial charge in [-0.3, -0.25) is 14.9 Å². The van der Waals surface area contributed by atoms with E-state index in [1.165, 1.54) is 31.4 Å². The van der Waals surface area contributed by atoms with Gasteiger partial charge in [0.1, 0.15) is 5.25 Å². The summed E-state index contributed by atoms with van der Waals surface area (Å²) in [7, 11) is 1.27. The van der Waals surface area contributed by atoms with E-state index in [-0.39, 0.29) is 11.6 Å². The zero-order valence-corrected chi connectivity index (χ0v) is 17.2. The molecule has 0 spiro atoms. The fraction of sp³-hybridized carbons (Fsp3) is 0.150. The van der Waals surface area contributed by atoms with Gasteiger partial charge in [-0.1, -0.05) is 35.5 Å². The summed E-state index contributed by atoms with van der Waals surface area (Å²) in [4.78, 5) is 42.2. The molecule has 152 valence electrons. The molecule has 1 aliphatic heterocycles. The van der Waals surface area contributed by atoms with Crippen LogP contribution in [0.15, 0.2) is 53.5 Å². The predicted octanol–water partition coefficient (Wildman–Crippen LogP) is 3.25. The highest BCUT2D eigenvalue weighted by Gasteiger charge is 2.41. The third-order valence-corrected chi connectivity index (χ3v) is 5.53. The molecule has 2 aromatic rings. The average molecular weight is 443 g/mol. The van der Waals surface area contributed by atoms with Gasteiger partial charge < -0.3 is 4.74 Å². The van der Waals surface area contributed by atoms with Crippen molar-refractivity contribution in [3.8, 4) is 6.19 Å². The number of halogens is 1. The molecular weight excluding hydrogens is 428 g/mol. The Hall–Kier alpha value is -3.35. The quantitative estimate of drug-likeness (QED) is 0.193. The number of aliphatic imine (C=N–C) groups is 1. The summed E-state index contributed by atoms with van der Waals surface area (Å²) in [6.07, 6.45) is 1.72. The fourth-order valence-electron chi connectivity index (χ4n) is 2.75. The molecule has 0 bridgehead atoms. The van der Waals surface area contributed by atoms with Gasteiger partial charge in [0.05, 0.1) is 29.1 Å². The van der Waals surface area contributed by atoms with Gasteiger partial charge >= 0.3 is 5.97 Å². The molecule has 30 heavy (non-hydrogen) atoms. The molecule has 1 unspecified atom stereocenters. The molecule has 3 rings (SSSR count). The van der Waals surface area contributed by atoms with E-state index in [9.17, 15) is 14.4 Å². The SMILES string of the molecule is COC(=O)c1ccc(N2C(=O)CC(SC(=Nc3ccccc3Cl)NC#N)C2=O)cc1. The number of amidine groups is 1. The molecule has 0 aliphatic carbocycles. The molecular formula is C20H15ClN4O4S. The molecule has 0 saturated carbocycles. The summed E-state index contributed by atoms with van der Waals surface area (Å²) in [5.41, 5.74) is 1.08. The van der Waals surface area contributed by atoms with Gasteiger partial charge in [-0.2, -0.15) is 5.26 Å². The Labute approximate surface area is 181 Å². The summed E-state index contributed by atoms with van der Waals surface area (Å²) in [5, 5.41) is 11.2. The molecule has 1 N–H and O–H groups in total. The first-order valence-corrected chi connectivity index (χ1v) is 9.90. The second-order valence-electron chi connectivity index (χ2n) is 6.02. The zero-order valence-electron chi connectivity index (χ0n) is 15.7. The van der Waals surface area contributed by atoms with Crippen molar-refractivity contribution >= 4 is 57.7 Å². The van der Waals surface area contributed by atoms with E-state index in [1.54, 1.807) is 30.5 Å². The number of esters is 1. The van der Waals surface area contributed by atoms with Crippen molar-refractivity contribution in [2.45, 2.75) is 11.7 Å². The number of para-hydroxylation sites is 1. The Bertz CT molecular complexity index is 1070. The van der Waals surface area contributed by atoms with Gasteiger partial charge in [0.25, 0.3) is 0 Å². The van der Waals surface area contributed by atoms with Crippen molar-refractivity contribution < 1.29 is 19.1 Å². The highest BCUT2D eigenvalue weighted by atomic mass is 35.5. The van der Waals surface area contributed by atoms with E-state index < -0.39 is 23.0 Å². The number of hydrogen-bond acceptors (Lipinski definition) is 7. The number of rotatable bonds is 4. The lowest BCUT2D eigenvalue weighted by Gasteiger charge is -2.15. The van der Waals surface area contributed by atoms with Crippen molar-refractivity contribution in [2.24, 2.45) is 4.99 Å². The zero-order chi connectivity index (χ0) is 21.7. The molecule has 2 amide bonds. The van der Waals surface area contributed by atoms with Crippen molar-refractivity contribution in [1.82, 2.24) is 5.32 Å². The molecule has 10 heteroatoms. The largest absolute Gasteiger partial charge is 0.465 e. The number of carbonyl (C=O) groups excluding carboxylic acids is 3. The van der Waals surface area contributed by atoms with Crippen LogP contribution in [-0.4, -0.2) is 35.3 Å². The average Bonchev–Trinajstić information content (AvgIpc) is 3.02. The minimum Gasteiger partial charge on any atom is -0.465 e. The molecule has 1 atom stereocenters. The highest BCUT2D eigenvalue weighted by molar-refractivity contribution is 8.15. The maximum absolute atomic E-state index is 12.9. The third-order valence-electron chi connectivity index (χ3n) is 4.14. The van der Waals surface area contributed by atoms with Gasteiger partial charge in [0.15, 0.2) is 11.4 Å². The molecule has 0 aromatic heterocycles. The van der Waals surface area contributed by atoms with Crippen LogP contribution < -0.4 is 10.2 Å². The number of nitriles is 1. The number of benzene rings is 2. The number of carbonyl (C=O) groups is 3. The monoisotopic (exact) mass is 442 g/mol. The number of ether oxygens (including phenoxy) is 1. The first-order chi connectivity index (χ1) is 14.4. The summed E-state index contributed by atoms with van der Waals surface area (Å²) in [6, 6.07) is 12.8. The summed E-state index contributed by atoms with van der Waals surface area (Å²) >= 11 is 7.07. The minimum atomic E-state index is -0.764. The van der Waals surface area contributed by atoms with E-state index in [2.05, 4.69) is 15.0 Å². The first kappa shape index (κ1) is 21.4. The lowest BCUT2D eigenvalue weighted by atomic mass is 10.2. The smallest absolute Gasteiger partial charge is 0.337 e. The highest BCUT2D eigenvalue weighted by Crippen LogP contribution is 2.32. The number of imide groups is 1. The number of nitrogens with zero attached hydrogens (tertiary/aromatic N) is 3. The third kappa shape index (κ3) is 4.62. The second kappa shape index (κ2) is 9.43. The van der Waals surface area contributed by atoms with E-state index >= 15 is 0 Å². The van der Waals surface area contributed by atoms with Gasteiger partial charge in [0.2, 0.25) is 11.8 Å². The minimum absolute atomic E-state index is 0.0586. The van der Waals surface area contributed by atoms with Crippen LogP contribution in [0.1, 0.15) is 16.8 Å². The summed E-state index contributed by atoms with van der Waals surface area (Å²) in [6.45, 7) is 0. The van der Waals surface area contributed by atoms with Gasteiger partial charge in [-0.15, -0.1) is 0 Å². The molecule has 1 heterocycles. The Balaban J connectivity index is 1.80. The number of amides is 2. The van der Waals surface area contributed by atoms with Crippen LogP contribution in [0, 0.1) is 11.5 Å². The van der Waals surface area contributed by atoms with E-state index in [0.29, 0.717) is 22.0 Å². The van der Waals surface area contributed by atoms with Gasteiger partial charge in [-0.05, 0) is 36.4 Å². The normalized spacial score (nSPS) is 16.4. The number of anilines is 1. The van der Waals surface area contributed by atoms with Crippen LogP contribution in [0.5, 0.6) is 0 Å². The molecule has 8 nitrogen and oxygen atoms in total. The van der Waals surface area contributed by atoms with Crippen LogP contribution >= 0.6 is 23.4 Å². The number of nitrogens with one attached hydrogen (secondary N) is 1. The van der Waals surface area contributed by atoms with Crippen LogP contribution in [0.2, 0.25) is 5.02 Å². The Morgan fingerprint density at radius 2 is 1.97 bits per heavy atom. The molecule has 0 radical (unpaired) electrons. The molecule has 1 fully saturated rings. The van der Waals surface area contributed by atoms with Crippen molar-refractivity contribution in [3.63, 3.8) is 0 Å². The predicted molar refractivity (Wildman–Crippen MR) is 114 cm³/mol. The standard InChI is InChI=1S/C20H15ClN4O4S/c1-29-19(28)12-6-8-13(9-7-12)25-17(26)10-16(18(25)27)30-20(23-11-22)24-15-5-3-2-4-14(15)21/h2-9,16H,10H2,1H3,(H,23,24). The first-order valence-electron chi connectivity index (χ1n) is 8.64. The van der Waals surface area contributed by atoms with Crippen LogP contribution in [-0.2, 0) is 14.3 Å².